The van der Waals surface area contributed by atoms with Gasteiger partial charge in [0.05, 0.1) is 0 Å². The van der Waals surface area contributed by atoms with Crippen LogP contribution < -0.4 is 19.5 Å². The van der Waals surface area contributed by atoms with Crippen molar-refractivity contribution in [3.8, 4) is 17.2 Å². The van der Waals surface area contributed by atoms with E-state index in [2.05, 4.69) is 5.32 Å². The Labute approximate surface area is 135 Å². The summed E-state index contributed by atoms with van der Waals surface area (Å²) in [5.74, 6) is 2.00. The zero-order chi connectivity index (χ0) is 16.2. The summed E-state index contributed by atoms with van der Waals surface area (Å²) in [5, 5.41) is 2.87. The van der Waals surface area contributed by atoms with Crippen LogP contribution in [0.4, 0.5) is 0 Å². The van der Waals surface area contributed by atoms with Crippen molar-refractivity contribution in [2.45, 2.75) is 26.5 Å². The van der Waals surface area contributed by atoms with Gasteiger partial charge in [0.25, 0.3) is 5.91 Å². The monoisotopic (exact) mass is 313 g/mol. The molecule has 2 aromatic rings. The predicted octanol–water partition coefficient (Wildman–Crippen LogP) is 2.81. The maximum absolute atomic E-state index is 12.2. The molecular weight excluding hydrogens is 294 g/mol. The molecule has 5 nitrogen and oxygen atoms in total. The quantitative estimate of drug-likeness (QED) is 0.922. The molecule has 0 saturated carbocycles. The third-order valence-electron chi connectivity index (χ3n) is 3.67. The maximum Gasteiger partial charge on any atom is 0.261 e. The molecule has 0 spiro atoms. The van der Waals surface area contributed by atoms with Crippen molar-refractivity contribution in [2.24, 2.45) is 0 Å². The minimum Gasteiger partial charge on any atom is -0.481 e. The number of carbonyl (C=O) groups is 1. The van der Waals surface area contributed by atoms with Crippen molar-refractivity contribution in [1.29, 1.82) is 0 Å². The second kappa shape index (κ2) is 6.60. The van der Waals surface area contributed by atoms with E-state index in [4.69, 9.17) is 14.2 Å². The minimum absolute atomic E-state index is 0.161. The molecule has 0 aliphatic carbocycles. The number of rotatable bonds is 5. The second-order valence-electron chi connectivity index (χ2n) is 5.43. The van der Waals surface area contributed by atoms with E-state index in [-0.39, 0.29) is 12.7 Å². The van der Waals surface area contributed by atoms with Gasteiger partial charge in [-0.2, -0.15) is 0 Å². The fraction of sp³-hybridized carbons (Fsp3) is 0.278. The molecule has 3 rings (SSSR count). The molecule has 0 fully saturated rings. The van der Waals surface area contributed by atoms with E-state index in [1.54, 1.807) is 6.92 Å². The third kappa shape index (κ3) is 3.56. The van der Waals surface area contributed by atoms with E-state index in [0.717, 1.165) is 22.6 Å². The van der Waals surface area contributed by atoms with Crippen molar-refractivity contribution < 1.29 is 19.0 Å². The molecule has 1 aliphatic heterocycles. The van der Waals surface area contributed by atoms with E-state index < -0.39 is 6.10 Å². The largest absolute Gasteiger partial charge is 0.481 e. The van der Waals surface area contributed by atoms with Gasteiger partial charge in [-0.1, -0.05) is 24.3 Å². The second-order valence-corrected chi connectivity index (χ2v) is 5.43. The number of ether oxygens (including phenoxy) is 3. The summed E-state index contributed by atoms with van der Waals surface area (Å²) in [4.78, 5) is 12.2. The van der Waals surface area contributed by atoms with Crippen LogP contribution in [0.5, 0.6) is 17.2 Å². The number of amides is 1. The van der Waals surface area contributed by atoms with Crippen LogP contribution in [-0.4, -0.2) is 18.8 Å². The van der Waals surface area contributed by atoms with E-state index in [0.29, 0.717) is 12.3 Å². The van der Waals surface area contributed by atoms with Crippen LogP contribution in [0, 0.1) is 6.92 Å². The third-order valence-corrected chi connectivity index (χ3v) is 3.67. The molecule has 0 aromatic heterocycles. The first kappa shape index (κ1) is 15.2. The summed E-state index contributed by atoms with van der Waals surface area (Å²) in [6, 6.07) is 13.3. The Kier molecular flexibility index (Phi) is 4.37. The zero-order valence-corrected chi connectivity index (χ0v) is 13.2. The van der Waals surface area contributed by atoms with Crippen molar-refractivity contribution in [3.05, 3.63) is 53.6 Å². The standard InChI is InChI=1S/C18H19NO4/c1-12-5-3-4-6-15(12)23-13(2)18(20)19-10-14-7-8-16-17(9-14)22-11-21-16/h3-9,13H,10-11H2,1-2H3,(H,19,20)/t13-/m0/s1. The summed E-state index contributed by atoms with van der Waals surface area (Å²) in [5.41, 5.74) is 1.95. The fourth-order valence-corrected chi connectivity index (χ4v) is 2.32. The SMILES string of the molecule is Cc1ccccc1O[C@@H](C)C(=O)NCc1ccc2c(c1)OCO2. The number of fused-ring (bicyclic) bond motifs is 1. The van der Waals surface area contributed by atoms with Crippen LogP contribution in [0.25, 0.3) is 0 Å². The number of hydrogen-bond acceptors (Lipinski definition) is 4. The topological polar surface area (TPSA) is 56.8 Å². The Balaban J connectivity index is 1.55. The summed E-state index contributed by atoms with van der Waals surface area (Å²) in [6.07, 6.45) is -0.565. The van der Waals surface area contributed by atoms with Gasteiger partial charge >= 0.3 is 0 Å². The highest BCUT2D eigenvalue weighted by Crippen LogP contribution is 2.32. The molecule has 1 atom stereocenters. The Hall–Kier alpha value is -2.69. The van der Waals surface area contributed by atoms with Crippen LogP contribution in [0.2, 0.25) is 0 Å². The lowest BCUT2D eigenvalue weighted by Gasteiger charge is -2.16. The summed E-state index contributed by atoms with van der Waals surface area (Å²) < 4.78 is 16.3. The van der Waals surface area contributed by atoms with Gasteiger partial charge in [0.15, 0.2) is 17.6 Å². The molecule has 1 heterocycles. The highest BCUT2D eigenvalue weighted by molar-refractivity contribution is 5.80. The molecule has 1 N–H and O–H groups in total. The Morgan fingerprint density at radius 1 is 1.22 bits per heavy atom. The molecule has 1 amide bonds. The predicted molar refractivity (Wildman–Crippen MR) is 85.7 cm³/mol. The van der Waals surface area contributed by atoms with Gasteiger partial charge < -0.3 is 19.5 Å². The first-order valence-electron chi connectivity index (χ1n) is 7.52. The van der Waals surface area contributed by atoms with Crippen molar-refractivity contribution in [1.82, 2.24) is 5.32 Å². The molecule has 5 heteroatoms. The van der Waals surface area contributed by atoms with Crippen molar-refractivity contribution in [3.63, 3.8) is 0 Å². The molecule has 1 aliphatic rings. The molecule has 0 radical (unpaired) electrons. The number of benzene rings is 2. The lowest BCUT2D eigenvalue weighted by atomic mass is 10.2. The van der Waals surface area contributed by atoms with Crippen LogP contribution in [-0.2, 0) is 11.3 Å². The van der Waals surface area contributed by atoms with E-state index >= 15 is 0 Å². The fourth-order valence-electron chi connectivity index (χ4n) is 2.32. The number of nitrogens with one attached hydrogen (secondary N) is 1. The van der Waals surface area contributed by atoms with E-state index in [1.807, 2.05) is 49.4 Å². The minimum atomic E-state index is -0.565. The number of carbonyl (C=O) groups excluding carboxylic acids is 1. The number of aryl methyl sites for hydroxylation is 1. The molecule has 2 aromatic carbocycles. The van der Waals surface area contributed by atoms with Crippen LogP contribution in [0.3, 0.4) is 0 Å². The van der Waals surface area contributed by atoms with Gasteiger partial charge in [-0.05, 0) is 43.2 Å². The number of hydrogen-bond donors (Lipinski definition) is 1. The van der Waals surface area contributed by atoms with Gasteiger partial charge in [-0.15, -0.1) is 0 Å². The lowest BCUT2D eigenvalue weighted by molar-refractivity contribution is -0.127. The molecule has 0 bridgehead atoms. The average molecular weight is 313 g/mol. The molecule has 23 heavy (non-hydrogen) atoms. The van der Waals surface area contributed by atoms with Gasteiger partial charge in [-0.3, -0.25) is 4.79 Å². The summed E-state index contributed by atoms with van der Waals surface area (Å²) in [6.45, 7) is 4.34. The average Bonchev–Trinajstić information content (AvgIpc) is 3.02. The Morgan fingerprint density at radius 3 is 2.83 bits per heavy atom. The van der Waals surface area contributed by atoms with Crippen LogP contribution in [0.1, 0.15) is 18.1 Å². The van der Waals surface area contributed by atoms with E-state index in [1.165, 1.54) is 0 Å². The Morgan fingerprint density at radius 2 is 2.00 bits per heavy atom. The summed E-state index contributed by atoms with van der Waals surface area (Å²) in [7, 11) is 0. The molecule has 0 saturated heterocycles. The van der Waals surface area contributed by atoms with E-state index in [9.17, 15) is 4.79 Å². The highest BCUT2D eigenvalue weighted by atomic mass is 16.7. The normalized spacial score (nSPS) is 13.5. The van der Waals surface area contributed by atoms with Crippen LogP contribution >= 0.6 is 0 Å². The van der Waals surface area contributed by atoms with Crippen molar-refractivity contribution >= 4 is 5.91 Å². The van der Waals surface area contributed by atoms with Gasteiger partial charge in [0.1, 0.15) is 5.75 Å². The highest BCUT2D eigenvalue weighted by Gasteiger charge is 2.17. The van der Waals surface area contributed by atoms with Gasteiger partial charge in [0, 0.05) is 6.54 Å². The van der Waals surface area contributed by atoms with Crippen LogP contribution in [0.15, 0.2) is 42.5 Å². The zero-order valence-electron chi connectivity index (χ0n) is 13.2. The molecule has 120 valence electrons. The lowest BCUT2D eigenvalue weighted by Crippen LogP contribution is -2.36. The smallest absolute Gasteiger partial charge is 0.261 e. The summed E-state index contributed by atoms with van der Waals surface area (Å²) >= 11 is 0. The first-order chi connectivity index (χ1) is 11.1. The molecule has 0 unspecified atom stereocenters. The first-order valence-corrected chi connectivity index (χ1v) is 7.52. The van der Waals surface area contributed by atoms with Gasteiger partial charge in [0.2, 0.25) is 6.79 Å². The maximum atomic E-state index is 12.2. The number of para-hydroxylation sites is 1. The van der Waals surface area contributed by atoms with Gasteiger partial charge in [-0.25, -0.2) is 0 Å². The van der Waals surface area contributed by atoms with Crippen molar-refractivity contribution in [2.75, 3.05) is 6.79 Å². The molecular formula is C18H19NO4. The Bertz CT molecular complexity index is 714.